The standard InChI is InChI=1S/C22H20N2O4/c1-2-28-22(27)19(14-16-8-10-18(11-9-16)21(25)26)20-23-12-13-24(20)15-17-6-4-3-5-7-17/h3-14H,2,15H2,1H3,(H,25,26)/b19-14+. The first-order valence-electron chi connectivity index (χ1n) is 8.86. The summed E-state index contributed by atoms with van der Waals surface area (Å²) in [5.74, 6) is -0.991. The van der Waals surface area contributed by atoms with Gasteiger partial charge in [0.15, 0.2) is 0 Å². The van der Waals surface area contributed by atoms with E-state index in [0.29, 0.717) is 23.5 Å². The van der Waals surface area contributed by atoms with Crippen LogP contribution in [0.15, 0.2) is 67.0 Å². The second kappa shape index (κ2) is 8.81. The second-order valence-electron chi connectivity index (χ2n) is 6.07. The molecular weight excluding hydrogens is 356 g/mol. The smallest absolute Gasteiger partial charge is 0.341 e. The lowest BCUT2D eigenvalue weighted by Crippen LogP contribution is -2.12. The summed E-state index contributed by atoms with van der Waals surface area (Å²) in [6, 6.07) is 16.1. The molecular formula is C22H20N2O4. The van der Waals surface area contributed by atoms with Crippen molar-refractivity contribution in [3.05, 3.63) is 89.5 Å². The van der Waals surface area contributed by atoms with Gasteiger partial charge in [-0.1, -0.05) is 42.5 Å². The van der Waals surface area contributed by atoms with E-state index in [1.54, 1.807) is 31.3 Å². The van der Waals surface area contributed by atoms with E-state index in [0.717, 1.165) is 5.56 Å². The summed E-state index contributed by atoms with van der Waals surface area (Å²) < 4.78 is 7.09. The molecule has 0 fully saturated rings. The van der Waals surface area contributed by atoms with Crippen molar-refractivity contribution in [3.8, 4) is 0 Å². The maximum absolute atomic E-state index is 12.6. The first kappa shape index (κ1) is 19.1. The molecule has 3 aromatic rings. The Morgan fingerprint density at radius 1 is 1.11 bits per heavy atom. The fourth-order valence-corrected chi connectivity index (χ4v) is 2.77. The second-order valence-corrected chi connectivity index (χ2v) is 6.07. The van der Waals surface area contributed by atoms with E-state index in [4.69, 9.17) is 9.84 Å². The van der Waals surface area contributed by atoms with Crippen LogP contribution >= 0.6 is 0 Å². The van der Waals surface area contributed by atoms with Crippen molar-refractivity contribution in [2.45, 2.75) is 13.5 Å². The van der Waals surface area contributed by atoms with E-state index in [-0.39, 0.29) is 12.2 Å². The van der Waals surface area contributed by atoms with Crippen molar-refractivity contribution >= 4 is 23.6 Å². The quantitative estimate of drug-likeness (QED) is 0.502. The number of rotatable bonds is 7. The van der Waals surface area contributed by atoms with Crippen molar-refractivity contribution in [3.63, 3.8) is 0 Å². The van der Waals surface area contributed by atoms with Gasteiger partial charge in [0.25, 0.3) is 0 Å². The van der Waals surface area contributed by atoms with Crippen LogP contribution in [0.4, 0.5) is 0 Å². The highest BCUT2D eigenvalue weighted by atomic mass is 16.5. The van der Waals surface area contributed by atoms with Crippen molar-refractivity contribution in [1.29, 1.82) is 0 Å². The summed E-state index contributed by atoms with van der Waals surface area (Å²) in [6.45, 7) is 2.55. The number of carboxylic acids is 1. The number of imidazole rings is 1. The molecule has 142 valence electrons. The number of carbonyl (C=O) groups excluding carboxylic acids is 1. The zero-order valence-electron chi connectivity index (χ0n) is 15.4. The summed E-state index contributed by atoms with van der Waals surface area (Å²) in [4.78, 5) is 28.0. The maximum Gasteiger partial charge on any atom is 0.341 e. The number of carbonyl (C=O) groups is 2. The number of esters is 1. The molecule has 0 unspecified atom stereocenters. The van der Waals surface area contributed by atoms with Crippen LogP contribution in [0, 0.1) is 0 Å². The molecule has 0 bridgehead atoms. The third kappa shape index (κ3) is 4.54. The van der Waals surface area contributed by atoms with E-state index in [1.165, 1.54) is 12.1 Å². The van der Waals surface area contributed by atoms with Gasteiger partial charge in [-0.3, -0.25) is 0 Å². The summed E-state index contributed by atoms with van der Waals surface area (Å²) >= 11 is 0. The molecule has 0 aliphatic rings. The molecule has 0 radical (unpaired) electrons. The van der Waals surface area contributed by atoms with Gasteiger partial charge in [0.2, 0.25) is 0 Å². The molecule has 1 heterocycles. The van der Waals surface area contributed by atoms with Crippen LogP contribution in [0.2, 0.25) is 0 Å². The molecule has 6 nitrogen and oxygen atoms in total. The molecule has 0 amide bonds. The number of hydrogen-bond donors (Lipinski definition) is 1. The van der Waals surface area contributed by atoms with E-state index in [1.807, 2.05) is 41.1 Å². The SMILES string of the molecule is CCOC(=O)/C(=C/c1ccc(C(=O)O)cc1)c1nccn1Cc1ccccc1. The Morgan fingerprint density at radius 3 is 2.46 bits per heavy atom. The average molecular weight is 376 g/mol. The van der Waals surface area contributed by atoms with E-state index in [9.17, 15) is 9.59 Å². The minimum Gasteiger partial charge on any atom is -0.478 e. The highest BCUT2D eigenvalue weighted by Crippen LogP contribution is 2.20. The maximum atomic E-state index is 12.6. The van der Waals surface area contributed by atoms with Gasteiger partial charge in [0.1, 0.15) is 11.4 Å². The van der Waals surface area contributed by atoms with Crippen LogP contribution in [-0.4, -0.2) is 33.2 Å². The third-order valence-corrected chi connectivity index (χ3v) is 4.12. The van der Waals surface area contributed by atoms with Crippen LogP contribution in [0.25, 0.3) is 11.6 Å². The Morgan fingerprint density at radius 2 is 1.82 bits per heavy atom. The summed E-state index contributed by atoms with van der Waals surface area (Å²) in [7, 11) is 0. The molecule has 1 aromatic heterocycles. The Kier molecular flexibility index (Phi) is 6.01. The minimum atomic E-state index is -1.00. The summed E-state index contributed by atoms with van der Waals surface area (Å²) in [5.41, 5.74) is 2.25. The molecule has 0 saturated heterocycles. The molecule has 3 rings (SSSR count). The van der Waals surface area contributed by atoms with Crippen LogP contribution in [0.1, 0.15) is 34.2 Å². The zero-order chi connectivity index (χ0) is 19.9. The molecule has 1 N–H and O–H groups in total. The monoisotopic (exact) mass is 376 g/mol. The predicted octanol–water partition coefficient (Wildman–Crippen LogP) is 3.73. The Hall–Kier alpha value is -3.67. The summed E-state index contributed by atoms with van der Waals surface area (Å²) in [5, 5.41) is 9.04. The molecule has 2 aromatic carbocycles. The lowest BCUT2D eigenvalue weighted by molar-refractivity contribution is -0.136. The number of aromatic carboxylic acids is 1. The van der Waals surface area contributed by atoms with E-state index < -0.39 is 11.9 Å². The Labute approximate surface area is 162 Å². The highest BCUT2D eigenvalue weighted by molar-refractivity contribution is 6.20. The van der Waals surface area contributed by atoms with Crippen LogP contribution in [-0.2, 0) is 16.1 Å². The lowest BCUT2D eigenvalue weighted by atomic mass is 10.1. The molecule has 28 heavy (non-hydrogen) atoms. The minimum absolute atomic E-state index is 0.181. The van der Waals surface area contributed by atoms with Gasteiger partial charge in [0.05, 0.1) is 12.2 Å². The average Bonchev–Trinajstić information content (AvgIpc) is 3.15. The summed E-state index contributed by atoms with van der Waals surface area (Å²) in [6.07, 6.45) is 5.11. The topological polar surface area (TPSA) is 81.4 Å². The predicted molar refractivity (Wildman–Crippen MR) is 106 cm³/mol. The third-order valence-electron chi connectivity index (χ3n) is 4.12. The van der Waals surface area contributed by atoms with Crippen molar-refractivity contribution in [2.75, 3.05) is 6.61 Å². The van der Waals surface area contributed by atoms with Crippen molar-refractivity contribution in [2.24, 2.45) is 0 Å². The van der Waals surface area contributed by atoms with Crippen molar-refractivity contribution < 1.29 is 19.4 Å². The van der Waals surface area contributed by atoms with Gasteiger partial charge in [-0.2, -0.15) is 0 Å². The normalized spacial score (nSPS) is 11.2. The van der Waals surface area contributed by atoms with Crippen molar-refractivity contribution in [1.82, 2.24) is 9.55 Å². The Balaban J connectivity index is 1.98. The molecule has 0 atom stereocenters. The fourth-order valence-electron chi connectivity index (χ4n) is 2.77. The molecule has 0 saturated carbocycles. The zero-order valence-corrected chi connectivity index (χ0v) is 15.4. The van der Waals surface area contributed by atoms with Gasteiger partial charge < -0.3 is 14.4 Å². The largest absolute Gasteiger partial charge is 0.478 e. The fraction of sp³-hybridized carbons (Fsp3) is 0.136. The molecule has 0 aliphatic carbocycles. The van der Waals surface area contributed by atoms with E-state index >= 15 is 0 Å². The number of nitrogens with zero attached hydrogens (tertiary/aromatic N) is 2. The number of benzene rings is 2. The molecule has 0 spiro atoms. The molecule has 6 heteroatoms. The van der Waals surface area contributed by atoms with Gasteiger partial charge >= 0.3 is 11.9 Å². The van der Waals surface area contributed by atoms with Gasteiger partial charge in [0, 0.05) is 18.9 Å². The highest BCUT2D eigenvalue weighted by Gasteiger charge is 2.19. The lowest BCUT2D eigenvalue weighted by Gasteiger charge is -2.11. The number of aromatic nitrogens is 2. The van der Waals surface area contributed by atoms with Crippen LogP contribution < -0.4 is 0 Å². The van der Waals surface area contributed by atoms with Gasteiger partial charge in [-0.25, -0.2) is 14.6 Å². The number of hydrogen-bond acceptors (Lipinski definition) is 4. The first-order valence-corrected chi connectivity index (χ1v) is 8.86. The number of ether oxygens (including phenoxy) is 1. The van der Waals surface area contributed by atoms with Crippen LogP contribution in [0.5, 0.6) is 0 Å². The van der Waals surface area contributed by atoms with E-state index in [2.05, 4.69) is 4.98 Å². The number of carboxylic acid groups (broad SMARTS) is 1. The van der Waals surface area contributed by atoms with Crippen LogP contribution in [0.3, 0.4) is 0 Å². The van der Waals surface area contributed by atoms with Gasteiger partial charge in [-0.15, -0.1) is 0 Å². The first-order chi connectivity index (χ1) is 13.6. The van der Waals surface area contributed by atoms with Gasteiger partial charge in [-0.05, 0) is 36.3 Å². The Bertz CT molecular complexity index is 989. The molecule has 0 aliphatic heterocycles.